The summed E-state index contributed by atoms with van der Waals surface area (Å²) in [6, 6.07) is 0. The topological polar surface area (TPSA) is 189 Å². The molecule has 0 aromatic heterocycles. The van der Waals surface area contributed by atoms with Crippen LogP contribution in [0.3, 0.4) is 0 Å². The molecule has 7 heavy (non-hydrogen) atoms. The molecule has 0 spiro atoms. The molecular formula is H12FeO6+3. The van der Waals surface area contributed by atoms with Gasteiger partial charge in [0.1, 0.15) is 0 Å². The van der Waals surface area contributed by atoms with Crippen LogP contribution in [0.1, 0.15) is 0 Å². The van der Waals surface area contributed by atoms with Crippen molar-refractivity contribution in [2.24, 2.45) is 0 Å². The van der Waals surface area contributed by atoms with E-state index in [0.29, 0.717) is 0 Å². The van der Waals surface area contributed by atoms with Gasteiger partial charge in [0.2, 0.25) is 0 Å². The fraction of sp³-hybridized carbons (Fsp3) is 0. The van der Waals surface area contributed by atoms with E-state index in [1.165, 1.54) is 0 Å². The van der Waals surface area contributed by atoms with E-state index in [2.05, 4.69) is 0 Å². The zero-order chi connectivity index (χ0) is 0. The van der Waals surface area contributed by atoms with E-state index in [0.717, 1.165) is 0 Å². The van der Waals surface area contributed by atoms with Crippen LogP contribution in [0.4, 0.5) is 0 Å². The van der Waals surface area contributed by atoms with E-state index >= 15 is 0 Å². The first-order chi connectivity index (χ1) is 0. The molecule has 12 N–H and O–H groups in total. The molecule has 7 heteroatoms. The second-order valence-electron chi connectivity index (χ2n) is 0. The molecule has 6 nitrogen and oxygen atoms in total. The Kier molecular flexibility index (Phi) is 1180000. The van der Waals surface area contributed by atoms with Crippen molar-refractivity contribution in [2.45, 2.75) is 0 Å². The Hall–Kier alpha value is 0.279. The third-order valence-electron chi connectivity index (χ3n) is 0. The molecule has 0 aliphatic carbocycles. The zero-order valence-corrected chi connectivity index (χ0v) is 4.46. The molecule has 0 unspecified atom stereocenters. The van der Waals surface area contributed by atoms with Crippen molar-refractivity contribution in [3.63, 3.8) is 0 Å². The first kappa shape index (κ1) is 3670. The largest absolute Gasteiger partial charge is 3.00 e. The molecule has 0 heterocycles. The number of rotatable bonds is 0. The third-order valence-corrected chi connectivity index (χ3v) is 0. The molecule has 0 saturated heterocycles. The number of hydrogen-bond donors (Lipinski definition) is 0. The molecule has 0 saturated carbocycles. The molecule has 0 atom stereocenters. The molecule has 1 radical (unpaired) electrons. The number of hydrogen-bond acceptors (Lipinski definition) is 0. The van der Waals surface area contributed by atoms with E-state index in [1.54, 1.807) is 0 Å². The Labute approximate surface area is 50.8 Å². The predicted octanol–water partition coefficient (Wildman–Crippen LogP) is -4.95. The molecule has 0 rings (SSSR count). The first-order valence-corrected chi connectivity index (χ1v) is 0. The summed E-state index contributed by atoms with van der Waals surface area (Å²) in [4.78, 5) is 0. The van der Waals surface area contributed by atoms with Crippen LogP contribution >= 0.6 is 0 Å². The van der Waals surface area contributed by atoms with Crippen molar-refractivity contribution >= 4 is 0 Å². The Morgan fingerprint density at radius 1 is 0.286 bits per heavy atom. The Balaban J connectivity index is 0. The second kappa shape index (κ2) is 2240. The van der Waals surface area contributed by atoms with Crippen LogP contribution in [-0.2, 0) is 17.1 Å². The van der Waals surface area contributed by atoms with Crippen LogP contribution in [-0.4, -0.2) is 32.9 Å². The Morgan fingerprint density at radius 2 is 0.286 bits per heavy atom. The van der Waals surface area contributed by atoms with Crippen LogP contribution in [0.25, 0.3) is 0 Å². The average molecular weight is 164 g/mol. The molecule has 53 valence electrons. The van der Waals surface area contributed by atoms with Gasteiger partial charge in [-0.15, -0.1) is 0 Å². The van der Waals surface area contributed by atoms with E-state index in [-0.39, 0.29) is 49.9 Å². The van der Waals surface area contributed by atoms with Crippen LogP contribution in [0.5, 0.6) is 0 Å². The van der Waals surface area contributed by atoms with Gasteiger partial charge in [-0.05, 0) is 0 Å². The molecule has 0 bridgehead atoms. The minimum atomic E-state index is 0. The monoisotopic (exact) mass is 164 g/mol. The molecule has 0 aromatic carbocycles. The van der Waals surface area contributed by atoms with Crippen molar-refractivity contribution in [3.05, 3.63) is 0 Å². The standard InChI is InChI=1S/Fe.6H2O/h;6*1H2/q+3;;;;;;. The fourth-order valence-corrected chi connectivity index (χ4v) is 0. The summed E-state index contributed by atoms with van der Waals surface area (Å²) < 4.78 is 0. The van der Waals surface area contributed by atoms with Gasteiger partial charge in [0.05, 0.1) is 0 Å². The van der Waals surface area contributed by atoms with Crippen molar-refractivity contribution in [2.75, 3.05) is 0 Å². The van der Waals surface area contributed by atoms with Gasteiger partial charge in [0.25, 0.3) is 0 Å². The first-order valence-electron chi connectivity index (χ1n) is 0. The summed E-state index contributed by atoms with van der Waals surface area (Å²) in [6.45, 7) is 0. The van der Waals surface area contributed by atoms with Gasteiger partial charge in [-0.3, -0.25) is 0 Å². The Bertz CT molecular complexity index is 4.14. The minimum Gasteiger partial charge on any atom is -0.412 e. The summed E-state index contributed by atoms with van der Waals surface area (Å²) in [5.74, 6) is 0. The van der Waals surface area contributed by atoms with E-state index in [4.69, 9.17) is 0 Å². The van der Waals surface area contributed by atoms with Gasteiger partial charge >= 0.3 is 17.1 Å². The van der Waals surface area contributed by atoms with E-state index in [9.17, 15) is 0 Å². The van der Waals surface area contributed by atoms with Gasteiger partial charge in [-0.25, -0.2) is 0 Å². The SMILES string of the molecule is O.O.O.O.O.O.[Fe+3]. The predicted molar refractivity (Wildman–Crippen MR) is 21.7 cm³/mol. The van der Waals surface area contributed by atoms with Crippen LogP contribution < -0.4 is 0 Å². The molecule has 0 aromatic rings. The maximum absolute atomic E-state index is 0. The summed E-state index contributed by atoms with van der Waals surface area (Å²) in [5, 5.41) is 0. The van der Waals surface area contributed by atoms with Gasteiger partial charge in [0, 0.05) is 0 Å². The molecule has 0 amide bonds. The van der Waals surface area contributed by atoms with Gasteiger partial charge in [-0.2, -0.15) is 0 Å². The maximum atomic E-state index is 0. The van der Waals surface area contributed by atoms with Crippen molar-refractivity contribution in [1.29, 1.82) is 0 Å². The van der Waals surface area contributed by atoms with Crippen molar-refractivity contribution in [3.8, 4) is 0 Å². The summed E-state index contributed by atoms with van der Waals surface area (Å²) >= 11 is 0. The van der Waals surface area contributed by atoms with Gasteiger partial charge < -0.3 is 32.9 Å². The van der Waals surface area contributed by atoms with Crippen molar-refractivity contribution in [1.82, 2.24) is 0 Å². The summed E-state index contributed by atoms with van der Waals surface area (Å²) in [7, 11) is 0. The van der Waals surface area contributed by atoms with Crippen LogP contribution in [0.2, 0.25) is 0 Å². The molecular weight excluding hydrogens is 152 g/mol. The zero-order valence-electron chi connectivity index (χ0n) is 3.35. The minimum absolute atomic E-state index is 0. The summed E-state index contributed by atoms with van der Waals surface area (Å²) in [6.07, 6.45) is 0. The van der Waals surface area contributed by atoms with E-state index in [1.807, 2.05) is 0 Å². The van der Waals surface area contributed by atoms with E-state index < -0.39 is 0 Å². The molecule has 0 fully saturated rings. The Morgan fingerprint density at radius 3 is 0.286 bits per heavy atom. The normalized spacial score (nSPS) is 0. The smallest absolute Gasteiger partial charge is 0.412 e. The third kappa shape index (κ3) is 1470. The fourth-order valence-electron chi connectivity index (χ4n) is 0. The van der Waals surface area contributed by atoms with Crippen LogP contribution in [0, 0.1) is 0 Å². The molecule has 0 aliphatic heterocycles. The van der Waals surface area contributed by atoms with Crippen molar-refractivity contribution < 1.29 is 49.9 Å². The van der Waals surface area contributed by atoms with Gasteiger partial charge in [-0.1, -0.05) is 0 Å². The quantitative estimate of drug-likeness (QED) is 0.310. The summed E-state index contributed by atoms with van der Waals surface area (Å²) in [5.41, 5.74) is 0. The van der Waals surface area contributed by atoms with Gasteiger partial charge in [0.15, 0.2) is 0 Å². The second-order valence-corrected chi connectivity index (χ2v) is 0. The molecule has 0 aliphatic rings. The van der Waals surface area contributed by atoms with Crippen LogP contribution in [0.15, 0.2) is 0 Å². The average Bonchev–Trinajstić information content (AvgIpc) is 0. The maximum Gasteiger partial charge on any atom is 3.00 e.